The molecule has 0 aromatic rings. The number of esters is 4. The van der Waals surface area contributed by atoms with Crippen LogP contribution in [0.25, 0.3) is 0 Å². The van der Waals surface area contributed by atoms with Gasteiger partial charge in [-0.25, -0.2) is 9.13 Å². The molecule has 0 radical (unpaired) electrons. The molecule has 0 bridgehead atoms. The van der Waals surface area contributed by atoms with Crippen LogP contribution in [-0.2, 0) is 65.4 Å². The van der Waals surface area contributed by atoms with Crippen molar-refractivity contribution in [2.24, 2.45) is 23.7 Å². The fourth-order valence-corrected chi connectivity index (χ4v) is 10.8. The summed E-state index contributed by atoms with van der Waals surface area (Å²) in [6, 6.07) is 0. The largest absolute Gasteiger partial charge is 0.472 e. The third-order valence-corrected chi connectivity index (χ3v) is 16.6. The Kier molecular flexibility index (Phi) is 52.0. The van der Waals surface area contributed by atoms with Crippen molar-refractivity contribution in [3.63, 3.8) is 0 Å². The zero-order valence-electron chi connectivity index (χ0n) is 53.1. The van der Waals surface area contributed by atoms with Crippen LogP contribution >= 0.6 is 15.6 Å². The lowest BCUT2D eigenvalue weighted by Gasteiger charge is -2.21. The van der Waals surface area contributed by atoms with Crippen LogP contribution in [0.3, 0.4) is 0 Å². The molecular formula is C63H122O17P2. The molecule has 0 fully saturated rings. The van der Waals surface area contributed by atoms with Crippen LogP contribution in [0.2, 0.25) is 0 Å². The topological polar surface area (TPSA) is 237 Å². The van der Waals surface area contributed by atoms with E-state index in [1.807, 2.05) is 0 Å². The normalized spacial score (nSPS) is 14.8. The van der Waals surface area contributed by atoms with Gasteiger partial charge in [0.2, 0.25) is 0 Å². The van der Waals surface area contributed by atoms with E-state index in [0.29, 0.717) is 37.5 Å². The van der Waals surface area contributed by atoms with Crippen molar-refractivity contribution >= 4 is 39.5 Å². The second-order valence-electron chi connectivity index (χ2n) is 24.5. The second-order valence-corrected chi connectivity index (χ2v) is 27.4. The van der Waals surface area contributed by atoms with Gasteiger partial charge < -0.3 is 33.8 Å². The summed E-state index contributed by atoms with van der Waals surface area (Å²) in [6.07, 6.45) is 32.4. The summed E-state index contributed by atoms with van der Waals surface area (Å²) in [5.74, 6) is 0.699. The van der Waals surface area contributed by atoms with Gasteiger partial charge >= 0.3 is 39.5 Å². The quantitative estimate of drug-likeness (QED) is 0.0222. The highest BCUT2D eigenvalue weighted by atomic mass is 31.2. The average molecular weight is 1210 g/mol. The van der Waals surface area contributed by atoms with E-state index in [-0.39, 0.29) is 25.7 Å². The van der Waals surface area contributed by atoms with E-state index in [4.69, 9.17) is 37.0 Å². The molecule has 3 unspecified atom stereocenters. The Morgan fingerprint density at radius 2 is 0.585 bits per heavy atom. The number of hydrogen-bond acceptors (Lipinski definition) is 15. The van der Waals surface area contributed by atoms with Gasteiger partial charge in [-0.15, -0.1) is 0 Å². The van der Waals surface area contributed by atoms with Gasteiger partial charge in [0.1, 0.15) is 19.3 Å². The van der Waals surface area contributed by atoms with Crippen LogP contribution in [0.1, 0.15) is 299 Å². The zero-order chi connectivity index (χ0) is 61.1. The van der Waals surface area contributed by atoms with Gasteiger partial charge in [0.05, 0.1) is 26.4 Å². The molecule has 82 heavy (non-hydrogen) atoms. The van der Waals surface area contributed by atoms with Crippen molar-refractivity contribution in [3.05, 3.63) is 0 Å². The Hall–Kier alpha value is -1.94. The first-order valence-electron chi connectivity index (χ1n) is 32.7. The number of unbranched alkanes of at least 4 members (excludes halogenated alkanes) is 25. The minimum atomic E-state index is -4.94. The molecule has 0 aliphatic heterocycles. The summed E-state index contributed by atoms with van der Waals surface area (Å²) in [5, 5.41) is 10.5. The summed E-state index contributed by atoms with van der Waals surface area (Å²) < 4.78 is 67.9. The standard InChI is InChI=1S/C63H122O17P2/c1-9-56(8)42-34-26-19-22-30-38-46-63(68)80-59(50-74-61(66)44-36-28-21-18-25-33-41-55(6)7)52-78-82(71,72)76-48-57(64)47-75-81(69,70)77-51-58(49-73-60(65)43-35-27-20-17-24-32-40-54(4)5)79-62(67)45-37-29-16-14-12-10-11-13-15-23-31-39-53(2)3/h53-59,64H,9-52H2,1-8H3,(H,69,70)(H,71,72)/t56?,57-,58+,59+/m0/s1. The first-order valence-corrected chi connectivity index (χ1v) is 35.7. The van der Waals surface area contributed by atoms with E-state index < -0.39 is 97.5 Å². The van der Waals surface area contributed by atoms with E-state index in [1.54, 1.807) is 0 Å². The van der Waals surface area contributed by atoms with Gasteiger partial charge in [0.25, 0.3) is 0 Å². The van der Waals surface area contributed by atoms with Crippen molar-refractivity contribution in [2.75, 3.05) is 39.6 Å². The molecule has 3 N–H and O–H groups in total. The van der Waals surface area contributed by atoms with E-state index >= 15 is 0 Å². The van der Waals surface area contributed by atoms with Crippen molar-refractivity contribution in [1.82, 2.24) is 0 Å². The van der Waals surface area contributed by atoms with Gasteiger partial charge in [0, 0.05) is 25.7 Å². The maximum Gasteiger partial charge on any atom is 0.472 e. The molecule has 0 saturated carbocycles. The molecule has 486 valence electrons. The summed E-state index contributed by atoms with van der Waals surface area (Å²) in [4.78, 5) is 72.1. The van der Waals surface area contributed by atoms with Crippen LogP contribution in [-0.4, -0.2) is 96.7 Å². The molecular weight excluding hydrogens is 1090 g/mol. The smallest absolute Gasteiger partial charge is 0.462 e. The fourth-order valence-electron chi connectivity index (χ4n) is 9.22. The molecule has 0 aliphatic carbocycles. The number of carbonyl (C=O) groups is 4. The lowest BCUT2D eigenvalue weighted by atomic mass is 10.00. The number of rotatable bonds is 60. The summed E-state index contributed by atoms with van der Waals surface area (Å²) in [5.41, 5.74) is 0. The molecule has 0 aliphatic rings. The van der Waals surface area contributed by atoms with Crippen LogP contribution < -0.4 is 0 Å². The lowest BCUT2D eigenvalue weighted by molar-refractivity contribution is -0.161. The highest BCUT2D eigenvalue weighted by Gasteiger charge is 2.30. The first kappa shape index (κ1) is 80.1. The van der Waals surface area contributed by atoms with Crippen molar-refractivity contribution < 1.29 is 80.2 Å². The molecule has 6 atom stereocenters. The summed E-state index contributed by atoms with van der Waals surface area (Å²) in [6.45, 7) is 13.9. The number of phosphoric ester groups is 2. The van der Waals surface area contributed by atoms with E-state index in [1.165, 1.54) is 89.9 Å². The number of carbonyl (C=O) groups excluding carboxylic acids is 4. The number of ether oxygens (including phenoxy) is 4. The van der Waals surface area contributed by atoms with Gasteiger partial charge in [-0.05, 0) is 49.4 Å². The molecule has 0 saturated heterocycles. The van der Waals surface area contributed by atoms with Crippen molar-refractivity contribution in [3.8, 4) is 0 Å². The lowest BCUT2D eigenvalue weighted by Crippen LogP contribution is -2.30. The Balaban J connectivity index is 5.24. The predicted octanol–water partition coefficient (Wildman–Crippen LogP) is 17.0. The monoisotopic (exact) mass is 1210 g/mol. The molecule has 0 heterocycles. The highest BCUT2D eigenvalue weighted by Crippen LogP contribution is 2.45. The van der Waals surface area contributed by atoms with Crippen LogP contribution in [0, 0.1) is 23.7 Å². The number of phosphoric acid groups is 2. The maximum absolute atomic E-state index is 13.0. The number of hydrogen-bond donors (Lipinski definition) is 3. The Morgan fingerprint density at radius 1 is 0.341 bits per heavy atom. The van der Waals surface area contributed by atoms with Crippen molar-refractivity contribution in [1.29, 1.82) is 0 Å². The zero-order valence-corrected chi connectivity index (χ0v) is 54.9. The van der Waals surface area contributed by atoms with E-state index in [9.17, 15) is 43.2 Å². The van der Waals surface area contributed by atoms with Gasteiger partial charge in [-0.2, -0.15) is 0 Å². The van der Waals surface area contributed by atoms with Gasteiger partial charge in [-0.3, -0.25) is 37.3 Å². The molecule has 0 aromatic heterocycles. The summed E-state index contributed by atoms with van der Waals surface area (Å²) in [7, 11) is -9.89. The molecule has 0 rings (SSSR count). The highest BCUT2D eigenvalue weighted by molar-refractivity contribution is 7.47. The fraction of sp³-hybridized carbons (Fsp3) is 0.937. The van der Waals surface area contributed by atoms with Crippen molar-refractivity contribution in [2.45, 2.75) is 318 Å². The average Bonchev–Trinajstić information content (AvgIpc) is 3.42. The minimum Gasteiger partial charge on any atom is -0.462 e. The van der Waals surface area contributed by atoms with Gasteiger partial charge in [-0.1, -0.05) is 248 Å². The minimum absolute atomic E-state index is 0.101. The Morgan fingerprint density at radius 3 is 0.866 bits per heavy atom. The van der Waals surface area contributed by atoms with Crippen LogP contribution in [0.4, 0.5) is 0 Å². The molecule has 0 aromatic carbocycles. The SMILES string of the molecule is CCC(C)CCCCCCCCC(=O)O[C@H](COC(=O)CCCCCCCCC(C)C)COP(=O)(O)OC[C@@H](O)COP(=O)(O)OC[C@@H](COC(=O)CCCCCCCCC(C)C)OC(=O)CCCCCCCCCCCCCC(C)C. The Bertz CT molecular complexity index is 1650. The van der Waals surface area contributed by atoms with Crippen LogP contribution in [0.5, 0.6) is 0 Å². The Labute approximate surface area is 498 Å². The molecule has 17 nitrogen and oxygen atoms in total. The third kappa shape index (κ3) is 55.9. The second kappa shape index (κ2) is 53.3. The third-order valence-electron chi connectivity index (χ3n) is 14.7. The molecule has 0 spiro atoms. The molecule has 0 amide bonds. The first-order chi connectivity index (χ1) is 39.1. The van der Waals surface area contributed by atoms with E-state index in [0.717, 1.165) is 115 Å². The van der Waals surface area contributed by atoms with Gasteiger partial charge in [0.15, 0.2) is 12.2 Å². The predicted molar refractivity (Wildman–Crippen MR) is 326 cm³/mol. The maximum atomic E-state index is 13.0. The van der Waals surface area contributed by atoms with E-state index in [2.05, 4.69) is 55.4 Å². The summed E-state index contributed by atoms with van der Waals surface area (Å²) >= 11 is 0. The number of aliphatic hydroxyl groups is 1. The number of aliphatic hydroxyl groups excluding tert-OH is 1. The molecule has 19 heteroatoms. The van der Waals surface area contributed by atoms with Crippen LogP contribution in [0.15, 0.2) is 0 Å².